The fraction of sp³-hybridized carbons (Fsp3) is 0.889. The minimum atomic E-state index is 0.109. The average Bonchev–Trinajstić information content (AvgIpc) is 2.64. The van der Waals surface area contributed by atoms with E-state index in [-0.39, 0.29) is 5.91 Å². The summed E-state index contributed by atoms with van der Waals surface area (Å²) in [5.41, 5.74) is 5.30. The fourth-order valence-corrected chi connectivity index (χ4v) is 1.35. The predicted octanol–water partition coefficient (Wildman–Crippen LogP) is -0.122. The number of hydrogen-bond acceptors (Lipinski definition) is 3. The third-order valence-electron chi connectivity index (χ3n) is 2.22. The van der Waals surface area contributed by atoms with Crippen LogP contribution >= 0.6 is 0 Å². The number of carbonyl (C=O) groups is 1. The van der Waals surface area contributed by atoms with Crippen LogP contribution in [-0.4, -0.2) is 32.2 Å². The summed E-state index contributed by atoms with van der Waals surface area (Å²) in [7, 11) is 0. The van der Waals surface area contributed by atoms with E-state index in [9.17, 15) is 4.79 Å². The molecule has 4 nitrogen and oxygen atoms in total. The maximum absolute atomic E-state index is 11.2. The second-order valence-corrected chi connectivity index (χ2v) is 3.43. The number of carbonyl (C=O) groups excluding carboxylic acids is 1. The first kappa shape index (κ1) is 10.5. The van der Waals surface area contributed by atoms with Crippen molar-refractivity contribution < 1.29 is 9.53 Å². The van der Waals surface area contributed by atoms with Crippen LogP contribution < -0.4 is 11.1 Å². The summed E-state index contributed by atoms with van der Waals surface area (Å²) >= 11 is 0. The van der Waals surface area contributed by atoms with Gasteiger partial charge in [-0.1, -0.05) is 0 Å². The zero-order valence-corrected chi connectivity index (χ0v) is 7.92. The molecule has 0 aromatic rings. The monoisotopic (exact) mass is 186 g/mol. The van der Waals surface area contributed by atoms with Gasteiger partial charge in [-0.25, -0.2) is 0 Å². The van der Waals surface area contributed by atoms with Gasteiger partial charge in [0.1, 0.15) is 0 Å². The van der Waals surface area contributed by atoms with E-state index in [2.05, 4.69) is 5.32 Å². The quantitative estimate of drug-likeness (QED) is 0.629. The molecule has 0 bridgehead atoms. The van der Waals surface area contributed by atoms with Crippen LogP contribution in [0.15, 0.2) is 0 Å². The molecular weight excluding hydrogens is 168 g/mol. The molecule has 4 heteroatoms. The van der Waals surface area contributed by atoms with E-state index in [1.165, 1.54) is 0 Å². The Balaban J connectivity index is 2.00. The number of rotatable bonds is 5. The van der Waals surface area contributed by atoms with E-state index in [1.54, 1.807) is 0 Å². The normalized spacial score (nSPS) is 21.8. The van der Waals surface area contributed by atoms with E-state index < -0.39 is 0 Å². The molecule has 0 saturated carbocycles. The van der Waals surface area contributed by atoms with Gasteiger partial charge in [0.2, 0.25) is 5.91 Å². The van der Waals surface area contributed by atoms with E-state index in [0.717, 1.165) is 32.6 Å². The van der Waals surface area contributed by atoms with Crippen molar-refractivity contribution >= 4 is 5.91 Å². The summed E-state index contributed by atoms with van der Waals surface area (Å²) in [5.74, 6) is 0.624. The van der Waals surface area contributed by atoms with Crippen molar-refractivity contribution in [2.45, 2.75) is 19.3 Å². The third kappa shape index (κ3) is 4.24. The predicted molar refractivity (Wildman–Crippen MR) is 50.2 cm³/mol. The molecule has 1 unspecified atom stereocenters. The summed E-state index contributed by atoms with van der Waals surface area (Å²) in [6, 6.07) is 0. The van der Waals surface area contributed by atoms with E-state index in [4.69, 9.17) is 10.5 Å². The van der Waals surface area contributed by atoms with Gasteiger partial charge in [-0.15, -0.1) is 0 Å². The second-order valence-electron chi connectivity index (χ2n) is 3.43. The molecular formula is C9H18N2O2. The first-order valence-electron chi connectivity index (χ1n) is 4.87. The average molecular weight is 186 g/mol. The third-order valence-corrected chi connectivity index (χ3v) is 2.22. The van der Waals surface area contributed by atoms with Crippen molar-refractivity contribution in [3.8, 4) is 0 Å². The van der Waals surface area contributed by atoms with E-state index in [0.29, 0.717) is 18.9 Å². The van der Waals surface area contributed by atoms with Crippen LogP contribution in [0.3, 0.4) is 0 Å². The lowest BCUT2D eigenvalue weighted by atomic mass is 10.1. The number of nitrogens with two attached hydrogens (primary N) is 1. The highest BCUT2D eigenvalue weighted by Gasteiger charge is 2.15. The molecule has 1 saturated heterocycles. The lowest BCUT2D eigenvalue weighted by Gasteiger charge is -2.08. The molecule has 0 spiro atoms. The maximum Gasteiger partial charge on any atom is 0.220 e. The Bertz CT molecular complexity index is 156. The number of ether oxygens (including phenoxy) is 1. The standard InChI is InChI=1S/C9H18N2O2/c10-4-1-2-9(12)11-6-8-3-5-13-7-8/h8H,1-7,10H2,(H,11,12). The molecule has 13 heavy (non-hydrogen) atoms. The van der Waals surface area contributed by atoms with E-state index >= 15 is 0 Å². The molecule has 76 valence electrons. The van der Waals surface area contributed by atoms with Crippen molar-refractivity contribution in [1.82, 2.24) is 5.32 Å². The Morgan fingerprint density at radius 3 is 3.08 bits per heavy atom. The highest BCUT2D eigenvalue weighted by Crippen LogP contribution is 2.10. The lowest BCUT2D eigenvalue weighted by Crippen LogP contribution is -2.29. The number of hydrogen-bond donors (Lipinski definition) is 2. The first-order chi connectivity index (χ1) is 6.33. The van der Waals surface area contributed by atoms with Gasteiger partial charge >= 0.3 is 0 Å². The van der Waals surface area contributed by atoms with Crippen LogP contribution in [0.5, 0.6) is 0 Å². The summed E-state index contributed by atoms with van der Waals surface area (Å²) in [5, 5.41) is 2.88. The summed E-state index contributed by atoms with van der Waals surface area (Å²) in [6.45, 7) is 2.96. The highest BCUT2D eigenvalue weighted by atomic mass is 16.5. The largest absolute Gasteiger partial charge is 0.381 e. The molecule has 0 aromatic carbocycles. The van der Waals surface area contributed by atoms with Gasteiger partial charge in [-0.2, -0.15) is 0 Å². The van der Waals surface area contributed by atoms with Crippen molar-refractivity contribution in [3.63, 3.8) is 0 Å². The number of amides is 1. The van der Waals surface area contributed by atoms with Crippen LogP contribution in [-0.2, 0) is 9.53 Å². The molecule has 1 heterocycles. The smallest absolute Gasteiger partial charge is 0.220 e. The van der Waals surface area contributed by atoms with Crippen LogP contribution in [0.4, 0.5) is 0 Å². The van der Waals surface area contributed by atoms with E-state index in [1.807, 2.05) is 0 Å². The van der Waals surface area contributed by atoms with Gasteiger partial charge in [0.15, 0.2) is 0 Å². The van der Waals surface area contributed by atoms with Gasteiger partial charge in [0.25, 0.3) is 0 Å². The first-order valence-corrected chi connectivity index (χ1v) is 4.87. The Labute approximate surface area is 78.8 Å². The minimum Gasteiger partial charge on any atom is -0.381 e. The van der Waals surface area contributed by atoms with Crippen LogP contribution in [0.25, 0.3) is 0 Å². The molecule has 1 aliphatic heterocycles. The lowest BCUT2D eigenvalue weighted by molar-refractivity contribution is -0.121. The summed E-state index contributed by atoms with van der Waals surface area (Å²) in [6.07, 6.45) is 2.38. The Hall–Kier alpha value is -0.610. The van der Waals surface area contributed by atoms with Crippen LogP contribution in [0.2, 0.25) is 0 Å². The molecule has 0 aromatic heterocycles. The maximum atomic E-state index is 11.2. The summed E-state index contributed by atoms with van der Waals surface area (Å²) < 4.78 is 5.20. The second kappa shape index (κ2) is 5.94. The van der Waals surface area contributed by atoms with Crippen molar-refractivity contribution in [3.05, 3.63) is 0 Å². The van der Waals surface area contributed by atoms with Crippen molar-refractivity contribution in [2.24, 2.45) is 11.7 Å². The van der Waals surface area contributed by atoms with Gasteiger partial charge in [0, 0.05) is 25.5 Å². The molecule has 3 N–H and O–H groups in total. The van der Waals surface area contributed by atoms with Crippen molar-refractivity contribution in [2.75, 3.05) is 26.3 Å². The van der Waals surface area contributed by atoms with Crippen LogP contribution in [0.1, 0.15) is 19.3 Å². The highest BCUT2D eigenvalue weighted by molar-refractivity contribution is 5.75. The zero-order valence-electron chi connectivity index (χ0n) is 7.92. The van der Waals surface area contributed by atoms with Gasteiger partial charge in [-0.05, 0) is 19.4 Å². The zero-order chi connectivity index (χ0) is 9.52. The Kier molecular flexibility index (Phi) is 4.78. The summed E-state index contributed by atoms with van der Waals surface area (Å²) in [4.78, 5) is 11.2. The minimum absolute atomic E-state index is 0.109. The van der Waals surface area contributed by atoms with Crippen molar-refractivity contribution in [1.29, 1.82) is 0 Å². The molecule has 1 atom stereocenters. The molecule has 1 fully saturated rings. The molecule has 1 amide bonds. The fourth-order valence-electron chi connectivity index (χ4n) is 1.35. The molecule has 0 radical (unpaired) electrons. The van der Waals surface area contributed by atoms with Gasteiger partial charge in [0.05, 0.1) is 6.61 Å². The van der Waals surface area contributed by atoms with Gasteiger partial charge in [-0.3, -0.25) is 4.79 Å². The Morgan fingerprint density at radius 2 is 2.46 bits per heavy atom. The van der Waals surface area contributed by atoms with Crippen LogP contribution in [0, 0.1) is 5.92 Å². The van der Waals surface area contributed by atoms with Gasteiger partial charge < -0.3 is 15.8 Å². The Morgan fingerprint density at radius 1 is 1.62 bits per heavy atom. The number of nitrogens with one attached hydrogen (secondary N) is 1. The topological polar surface area (TPSA) is 64.4 Å². The molecule has 0 aliphatic carbocycles. The molecule has 1 aliphatic rings. The SMILES string of the molecule is NCCCC(=O)NCC1CCOC1. The molecule has 1 rings (SSSR count).